The fraction of sp³-hybridized carbons (Fsp3) is 0.417. The summed E-state index contributed by atoms with van der Waals surface area (Å²) in [5.41, 5.74) is 2.66. The lowest BCUT2D eigenvalue weighted by molar-refractivity contribution is -0.138. The van der Waals surface area contributed by atoms with Crippen molar-refractivity contribution >= 4 is 23.6 Å². The molecule has 0 fully saturated rings. The highest BCUT2D eigenvalue weighted by Gasteiger charge is 2.26. The molecule has 2 aromatic rings. The number of unbranched alkanes of at least 4 members (excludes halogenated alkanes) is 1. The van der Waals surface area contributed by atoms with Crippen LogP contribution in [-0.4, -0.2) is 35.1 Å². The zero-order valence-electron chi connectivity index (χ0n) is 18.0. The lowest BCUT2D eigenvalue weighted by Gasteiger charge is -2.29. The van der Waals surface area contributed by atoms with Crippen LogP contribution in [0.25, 0.3) is 0 Å². The highest BCUT2D eigenvalue weighted by Crippen LogP contribution is 2.18. The van der Waals surface area contributed by atoms with Gasteiger partial charge in [0.15, 0.2) is 0 Å². The third-order valence-electron chi connectivity index (χ3n) is 5.04. The smallest absolute Gasteiger partial charge is 0.242 e. The zero-order chi connectivity index (χ0) is 21.9. The molecule has 30 heavy (non-hydrogen) atoms. The molecule has 0 aliphatic rings. The van der Waals surface area contributed by atoms with Gasteiger partial charge in [-0.1, -0.05) is 55.8 Å². The van der Waals surface area contributed by atoms with E-state index in [0.717, 1.165) is 24.0 Å². The van der Waals surface area contributed by atoms with E-state index in [2.05, 4.69) is 12.2 Å². The molecule has 0 radical (unpaired) electrons. The van der Waals surface area contributed by atoms with E-state index >= 15 is 0 Å². The second-order valence-electron chi connectivity index (χ2n) is 7.35. The lowest BCUT2D eigenvalue weighted by Crippen LogP contribution is -2.48. The minimum absolute atomic E-state index is 0.127. The Labute approximate surface area is 183 Å². The Morgan fingerprint density at radius 1 is 1.10 bits per heavy atom. The van der Waals surface area contributed by atoms with E-state index in [1.54, 1.807) is 30.0 Å². The van der Waals surface area contributed by atoms with E-state index in [0.29, 0.717) is 24.4 Å². The molecule has 6 heteroatoms. The lowest BCUT2D eigenvalue weighted by atomic mass is 10.1. The Hall–Kier alpha value is -2.34. The van der Waals surface area contributed by atoms with Gasteiger partial charge in [-0.3, -0.25) is 9.59 Å². The number of hydrogen-bond acceptors (Lipinski definition) is 3. The number of benzene rings is 2. The Kier molecular flexibility index (Phi) is 9.87. The molecule has 0 aromatic heterocycles. The number of rotatable bonds is 11. The van der Waals surface area contributed by atoms with E-state index in [1.165, 1.54) is 17.8 Å². The molecule has 1 N–H and O–H groups in total. The van der Waals surface area contributed by atoms with E-state index in [1.807, 2.05) is 31.2 Å². The van der Waals surface area contributed by atoms with Crippen LogP contribution >= 0.6 is 11.8 Å². The molecule has 0 aliphatic carbocycles. The summed E-state index contributed by atoms with van der Waals surface area (Å²) in [4.78, 5) is 27.3. The second kappa shape index (κ2) is 12.4. The van der Waals surface area contributed by atoms with Crippen LogP contribution in [0, 0.1) is 12.7 Å². The molecule has 162 valence electrons. The van der Waals surface area contributed by atoms with E-state index in [4.69, 9.17) is 0 Å². The summed E-state index contributed by atoms with van der Waals surface area (Å²) in [7, 11) is 0. The van der Waals surface area contributed by atoms with Gasteiger partial charge in [0.25, 0.3) is 0 Å². The van der Waals surface area contributed by atoms with Gasteiger partial charge in [0.05, 0.1) is 5.75 Å². The third-order valence-corrected chi connectivity index (χ3v) is 6.01. The average Bonchev–Trinajstić information content (AvgIpc) is 2.74. The number of nitrogens with zero attached hydrogens (tertiary/aromatic N) is 1. The predicted molar refractivity (Wildman–Crippen MR) is 122 cm³/mol. The first kappa shape index (κ1) is 23.9. The van der Waals surface area contributed by atoms with Crippen molar-refractivity contribution in [3.63, 3.8) is 0 Å². The highest BCUT2D eigenvalue weighted by atomic mass is 32.2. The van der Waals surface area contributed by atoms with Crippen LogP contribution in [0.1, 0.15) is 43.4 Å². The van der Waals surface area contributed by atoms with Crippen LogP contribution in [-0.2, 0) is 21.9 Å². The van der Waals surface area contributed by atoms with Crippen LogP contribution in [0.4, 0.5) is 4.39 Å². The van der Waals surface area contributed by atoms with Gasteiger partial charge in [0.1, 0.15) is 11.9 Å². The van der Waals surface area contributed by atoms with Crippen molar-refractivity contribution in [2.24, 2.45) is 0 Å². The van der Waals surface area contributed by atoms with Crippen molar-refractivity contribution in [3.05, 3.63) is 71.0 Å². The number of amides is 2. The first-order valence-corrected chi connectivity index (χ1v) is 11.5. The zero-order valence-corrected chi connectivity index (χ0v) is 18.8. The summed E-state index contributed by atoms with van der Waals surface area (Å²) in [5, 5.41) is 2.92. The molecule has 2 rings (SSSR count). The van der Waals surface area contributed by atoms with Crippen molar-refractivity contribution < 1.29 is 14.0 Å². The molecular formula is C24H31FN2O2S. The van der Waals surface area contributed by atoms with Gasteiger partial charge in [0.2, 0.25) is 11.8 Å². The van der Waals surface area contributed by atoms with Crippen molar-refractivity contribution in [2.75, 3.05) is 12.3 Å². The number of aryl methyl sites for hydroxylation is 1. The number of carbonyl (C=O) groups is 2. The Bertz CT molecular complexity index is 843. The van der Waals surface area contributed by atoms with Crippen LogP contribution in [0.3, 0.4) is 0 Å². The maximum Gasteiger partial charge on any atom is 0.242 e. The third kappa shape index (κ3) is 7.17. The van der Waals surface area contributed by atoms with Crippen molar-refractivity contribution in [2.45, 2.75) is 52.0 Å². The molecule has 2 aromatic carbocycles. The van der Waals surface area contributed by atoms with Crippen molar-refractivity contribution in [1.82, 2.24) is 10.2 Å². The Balaban J connectivity index is 2.07. The SMILES string of the molecule is CCCCNC(=O)[C@H](C)N(Cc1ccccc1C)C(=O)CSCc1ccccc1F. The van der Waals surface area contributed by atoms with Crippen LogP contribution in [0.15, 0.2) is 48.5 Å². The molecule has 0 saturated carbocycles. The first-order chi connectivity index (χ1) is 14.4. The average molecular weight is 431 g/mol. The normalized spacial score (nSPS) is 11.7. The van der Waals surface area contributed by atoms with Crippen molar-refractivity contribution in [3.8, 4) is 0 Å². The molecule has 1 atom stereocenters. The molecule has 0 heterocycles. The summed E-state index contributed by atoms with van der Waals surface area (Å²) in [6.07, 6.45) is 1.90. The molecule has 0 unspecified atom stereocenters. The summed E-state index contributed by atoms with van der Waals surface area (Å²) in [6, 6.07) is 13.9. The van der Waals surface area contributed by atoms with Crippen molar-refractivity contribution in [1.29, 1.82) is 0 Å². The van der Waals surface area contributed by atoms with Crippen LogP contribution < -0.4 is 5.32 Å². The molecular weight excluding hydrogens is 399 g/mol. The van der Waals surface area contributed by atoms with Gasteiger partial charge in [-0.05, 0) is 43.0 Å². The number of nitrogens with one attached hydrogen (secondary N) is 1. The van der Waals surface area contributed by atoms with Gasteiger partial charge < -0.3 is 10.2 Å². The Morgan fingerprint density at radius 3 is 2.43 bits per heavy atom. The van der Waals surface area contributed by atoms with E-state index in [9.17, 15) is 14.0 Å². The van der Waals surface area contributed by atoms with Gasteiger partial charge in [-0.2, -0.15) is 0 Å². The molecule has 0 aliphatic heterocycles. The summed E-state index contributed by atoms with van der Waals surface area (Å²) in [6.45, 7) is 6.80. The van der Waals surface area contributed by atoms with E-state index in [-0.39, 0.29) is 23.4 Å². The topological polar surface area (TPSA) is 49.4 Å². The number of thioether (sulfide) groups is 1. The second-order valence-corrected chi connectivity index (χ2v) is 8.34. The molecule has 0 saturated heterocycles. The molecule has 2 amide bonds. The minimum atomic E-state index is -0.581. The maximum absolute atomic E-state index is 13.8. The van der Waals surface area contributed by atoms with Crippen LogP contribution in [0.2, 0.25) is 0 Å². The van der Waals surface area contributed by atoms with Gasteiger partial charge >= 0.3 is 0 Å². The predicted octanol–water partition coefficient (Wildman–Crippen LogP) is 4.70. The molecule has 0 spiro atoms. The summed E-state index contributed by atoms with van der Waals surface area (Å²) in [5.74, 6) is 0.0561. The van der Waals surface area contributed by atoms with Gasteiger partial charge in [-0.15, -0.1) is 11.8 Å². The largest absolute Gasteiger partial charge is 0.354 e. The molecule has 4 nitrogen and oxygen atoms in total. The number of halogens is 1. The fourth-order valence-corrected chi connectivity index (χ4v) is 3.93. The van der Waals surface area contributed by atoms with Crippen LogP contribution in [0.5, 0.6) is 0 Å². The van der Waals surface area contributed by atoms with Gasteiger partial charge in [-0.25, -0.2) is 4.39 Å². The quantitative estimate of drug-likeness (QED) is 0.526. The highest BCUT2D eigenvalue weighted by molar-refractivity contribution is 7.99. The summed E-state index contributed by atoms with van der Waals surface area (Å²) >= 11 is 1.36. The minimum Gasteiger partial charge on any atom is -0.354 e. The number of hydrogen-bond donors (Lipinski definition) is 1. The summed E-state index contributed by atoms with van der Waals surface area (Å²) < 4.78 is 13.8. The monoisotopic (exact) mass is 430 g/mol. The standard InChI is InChI=1S/C24H31FN2O2S/c1-4-5-14-26-24(29)19(3)27(15-20-11-7-6-10-18(20)2)23(28)17-30-16-21-12-8-9-13-22(21)25/h6-13,19H,4-5,14-17H2,1-3H3,(H,26,29)/t19-/m0/s1. The van der Waals surface area contributed by atoms with Gasteiger partial charge in [0, 0.05) is 18.8 Å². The number of carbonyl (C=O) groups excluding carboxylic acids is 2. The first-order valence-electron chi connectivity index (χ1n) is 10.4. The van der Waals surface area contributed by atoms with E-state index < -0.39 is 6.04 Å². The Morgan fingerprint density at radius 2 is 1.77 bits per heavy atom. The fourth-order valence-electron chi connectivity index (χ4n) is 3.04. The maximum atomic E-state index is 13.8. The molecule has 0 bridgehead atoms.